The van der Waals surface area contributed by atoms with Gasteiger partial charge in [0.2, 0.25) is 0 Å². The fraction of sp³-hybridized carbons (Fsp3) is 0.562. The molecule has 2 aliphatic heterocycles. The third kappa shape index (κ3) is 3.24. The summed E-state index contributed by atoms with van der Waals surface area (Å²) in [6, 6.07) is 6.42. The van der Waals surface area contributed by atoms with Crippen LogP contribution in [0.5, 0.6) is 0 Å². The van der Waals surface area contributed by atoms with E-state index in [0.717, 1.165) is 50.1 Å². The maximum atomic E-state index is 12.3. The highest BCUT2D eigenvalue weighted by Crippen LogP contribution is 2.28. The van der Waals surface area contributed by atoms with E-state index in [9.17, 15) is 4.79 Å². The zero-order valence-electron chi connectivity index (χ0n) is 12.3. The lowest BCUT2D eigenvalue weighted by Gasteiger charge is -2.37. The Morgan fingerprint density at radius 1 is 1.29 bits per heavy atom. The Bertz CT molecular complexity index is 521. The standard InChI is InChI=1S/C16H21BrN2O2/c1-12-4-5-14(13(17)11-12)18-6-8-19(9-7-18)16(20)15-3-2-10-21-15/h4-5,11,15H,2-3,6-10H2,1H3. The van der Waals surface area contributed by atoms with Gasteiger partial charge in [-0.25, -0.2) is 0 Å². The summed E-state index contributed by atoms with van der Waals surface area (Å²) in [5.41, 5.74) is 2.46. The summed E-state index contributed by atoms with van der Waals surface area (Å²) >= 11 is 3.64. The Balaban J connectivity index is 1.60. The number of amides is 1. The maximum Gasteiger partial charge on any atom is 0.251 e. The molecular formula is C16H21BrN2O2. The van der Waals surface area contributed by atoms with Gasteiger partial charge in [-0.05, 0) is 53.4 Å². The van der Waals surface area contributed by atoms with Crippen molar-refractivity contribution in [1.82, 2.24) is 4.90 Å². The highest BCUT2D eigenvalue weighted by molar-refractivity contribution is 9.10. The van der Waals surface area contributed by atoms with Crippen LogP contribution in [-0.2, 0) is 9.53 Å². The Labute approximate surface area is 134 Å². The first kappa shape index (κ1) is 14.9. The van der Waals surface area contributed by atoms with Crippen LogP contribution in [0.4, 0.5) is 5.69 Å². The molecule has 3 rings (SSSR count). The number of carbonyl (C=O) groups is 1. The van der Waals surface area contributed by atoms with E-state index in [1.165, 1.54) is 11.3 Å². The van der Waals surface area contributed by atoms with Crippen molar-refractivity contribution in [1.29, 1.82) is 0 Å². The Morgan fingerprint density at radius 3 is 2.67 bits per heavy atom. The molecule has 1 atom stereocenters. The number of halogens is 1. The molecule has 0 radical (unpaired) electrons. The minimum atomic E-state index is -0.192. The SMILES string of the molecule is Cc1ccc(N2CCN(C(=O)C3CCCO3)CC2)c(Br)c1. The summed E-state index contributed by atoms with van der Waals surface area (Å²) in [6.45, 7) is 6.12. The van der Waals surface area contributed by atoms with Gasteiger partial charge in [0, 0.05) is 37.3 Å². The summed E-state index contributed by atoms with van der Waals surface area (Å²) in [4.78, 5) is 16.6. The fourth-order valence-corrected chi connectivity index (χ4v) is 3.76. The van der Waals surface area contributed by atoms with Gasteiger partial charge in [0.15, 0.2) is 0 Å². The van der Waals surface area contributed by atoms with Gasteiger partial charge in [0.05, 0.1) is 5.69 Å². The third-order valence-corrected chi connectivity index (χ3v) is 4.88. The molecular weight excluding hydrogens is 332 g/mol. The first-order valence-electron chi connectivity index (χ1n) is 7.56. The normalized spacial score (nSPS) is 22.7. The summed E-state index contributed by atoms with van der Waals surface area (Å²) in [6.07, 6.45) is 1.69. The zero-order valence-corrected chi connectivity index (χ0v) is 13.9. The number of piperazine rings is 1. The molecule has 2 heterocycles. The Kier molecular flexibility index (Phi) is 4.50. The molecule has 2 aliphatic rings. The van der Waals surface area contributed by atoms with E-state index in [1.54, 1.807) is 0 Å². The molecule has 114 valence electrons. The van der Waals surface area contributed by atoms with Crippen LogP contribution in [0.2, 0.25) is 0 Å². The molecule has 0 aliphatic carbocycles. The number of hydrogen-bond acceptors (Lipinski definition) is 3. The highest BCUT2D eigenvalue weighted by Gasteiger charge is 2.30. The molecule has 0 N–H and O–H groups in total. The maximum absolute atomic E-state index is 12.3. The molecule has 0 spiro atoms. The molecule has 0 saturated carbocycles. The van der Waals surface area contributed by atoms with Gasteiger partial charge in [-0.15, -0.1) is 0 Å². The van der Waals surface area contributed by atoms with Gasteiger partial charge in [0.25, 0.3) is 5.91 Å². The van der Waals surface area contributed by atoms with Crippen LogP contribution in [0, 0.1) is 6.92 Å². The molecule has 0 bridgehead atoms. The lowest BCUT2D eigenvalue weighted by Crippen LogP contribution is -2.51. The number of hydrogen-bond donors (Lipinski definition) is 0. The van der Waals surface area contributed by atoms with Crippen LogP contribution >= 0.6 is 15.9 Å². The monoisotopic (exact) mass is 352 g/mol. The molecule has 1 aromatic rings. The number of benzene rings is 1. The van der Waals surface area contributed by atoms with Crippen molar-refractivity contribution >= 4 is 27.5 Å². The molecule has 21 heavy (non-hydrogen) atoms. The first-order chi connectivity index (χ1) is 10.1. The second kappa shape index (κ2) is 6.36. The molecule has 2 fully saturated rings. The van der Waals surface area contributed by atoms with Gasteiger partial charge in [-0.1, -0.05) is 6.07 Å². The minimum Gasteiger partial charge on any atom is -0.368 e. The van der Waals surface area contributed by atoms with E-state index in [2.05, 4.69) is 46.0 Å². The van der Waals surface area contributed by atoms with E-state index in [1.807, 2.05) is 4.90 Å². The van der Waals surface area contributed by atoms with Crippen LogP contribution < -0.4 is 4.90 Å². The number of anilines is 1. The van der Waals surface area contributed by atoms with Gasteiger partial charge < -0.3 is 14.5 Å². The van der Waals surface area contributed by atoms with Crippen molar-refractivity contribution in [2.45, 2.75) is 25.9 Å². The van der Waals surface area contributed by atoms with Gasteiger partial charge in [-0.2, -0.15) is 0 Å². The van der Waals surface area contributed by atoms with Crippen LogP contribution in [-0.4, -0.2) is 49.7 Å². The van der Waals surface area contributed by atoms with E-state index >= 15 is 0 Å². The highest BCUT2D eigenvalue weighted by atomic mass is 79.9. The van der Waals surface area contributed by atoms with Crippen LogP contribution in [0.3, 0.4) is 0 Å². The van der Waals surface area contributed by atoms with Crippen molar-refractivity contribution in [3.05, 3.63) is 28.2 Å². The van der Waals surface area contributed by atoms with Crippen molar-refractivity contribution in [3.8, 4) is 0 Å². The lowest BCUT2D eigenvalue weighted by atomic mass is 10.1. The van der Waals surface area contributed by atoms with E-state index in [-0.39, 0.29) is 12.0 Å². The summed E-state index contributed by atoms with van der Waals surface area (Å²) in [5, 5.41) is 0. The van der Waals surface area contributed by atoms with Crippen molar-refractivity contribution in [2.24, 2.45) is 0 Å². The predicted molar refractivity (Wildman–Crippen MR) is 86.6 cm³/mol. The van der Waals surface area contributed by atoms with Crippen LogP contribution in [0.1, 0.15) is 18.4 Å². The topological polar surface area (TPSA) is 32.8 Å². The van der Waals surface area contributed by atoms with E-state index < -0.39 is 0 Å². The third-order valence-electron chi connectivity index (χ3n) is 4.24. The largest absolute Gasteiger partial charge is 0.368 e. The number of rotatable bonds is 2. The second-order valence-electron chi connectivity index (χ2n) is 5.77. The number of aryl methyl sites for hydroxylation is 1. The molecule has 4 nitrogen and oxygen atoms in total. The van der Waals surface area contributed by atoms with E-state index in [0.29, 0.717) is 0 Å². The summed E-state index contributed by atoms with van der Waals surface area (Å²) in [7, 11) is 0. The number of ether oxygens (including phenoxy) is 1. The van der Waals surface area contributed by atoms with E-state index in [4.69, 9.17) is 4.74 Å². The average Bonchev–Trinajstić information content (AvgIpc) is 3.01. The number of nitrogens with zero attached hydrogens (tertiary/aromatic N) is 2. The van der Waals surface area contributed by atoms with Crippen LogP contribution in [0.25, 0.3) is 0 Å². The Hall–Kier alpha value is -1.07. The minimum absolute atomic E-state index is 0.176. The average molecular weight is 353 g/mol. The number of carbonyl (C=O) groups excluding carboxylic acids is 1. The zero-order chi connectivity index (χ0) is 14.8. The molecule has 1 aromatic carbocycles. The fourth-order valence-electron chi connectivity index (χ4n) is 3.01. The van der Waals surface area contributed by atoms with Crippen molar-refractivity contribution in [2.75, 3.05) is 37.7 Å². The van der Waals surface area contributed by atoms with Gasteiger partial charge in [-0.3, -0.25) is 4.79 Å². The molecule has 0 aromatic heterocycles. The first-order valence-corrected chi connectivity index (χ1v) is 8.36. The predicted octanol–water partition coefficient (Wildman–Crippen LogP) is 2.59. The second-order valence-corrected chi connectivity index (χ2v) is 6.62. The lowest BCUT2D eigenvalue weighted by molar-refractivity contribution is -0.141. The van der Waals surface area contributed by atoms with Gasteiger partial charge >= 0.3 is 0 Å². The summed E-state index contributed by atoms with van der Waals surface area (Å²) in [5.74, 6) is 0.176. The van der Waals surface area contributed by atoms with Crippen LogP contribution in [0.15, 0.2) is 22.7 Å². The molecule has 5 heteroatoms. The smallest absolute Gasteiger partial charge is 0.251 e. The quantitative estimate of drug-likeness (QED) is 0.819. The van der Waals surface area contributed by atoms with Crippen molar-refractivity contribution in [3.63, 3.8) is 0 Å². The molecule has 1 amide bonds. The van der Waals surface area contributed by atoms with Crippen molar-refractivity contribution < 1.29 is 9.53 Å². The summed E-state index contributed by atoms with van der Waals surface area (Å²) < 4.78 is 6.63. The molecule has 2 saturated heterocycles. The van der Waals surface area contributed by atoms with Gasteiger partial charge in [0.1, 0.15) is 6.10 Å². The molecule has 1 unspecified atom stereocenters. The Morgan fingerprint density at radius 2 is 2.05 bits per heavy atom.